The summed E-state index contributed by atoms with van der Waals surface area (Å²) in [7, 11) is -2.33. The zero-order valence-electron chi connectivity index (χ0n) is 12.3. The van der Waals surface area contributed by atoms with Gasteiger partial charge in [-0.25, -0.2) is 13.2 Å². The number of urea groups is 1. The van der Waals surface area contributed by atoms with Crippen molar-refractivity contribution in [2.75, 3.05) is 17.1 Å². The van der Waals surface area contributed by atoms with Gasteiger partial charge in [-0.15, -0.1) is 0 Å². The van der Waals surface area contributed by atoms with Gasteiger partial charge in [0, 0.05) is 12.7 Å². The molecule has 2 rings (SSSR count). The van der Waals surface area contributed by atoms with Crippen LogP contribution in [-0.2, 0) is 10.0 Å². The molecule has 0 aliphatic rings. The van der Waals surface area contributed by atoms with Gasteiger partial charge >= 0.3 is 6.03 Å². The molecular weight excluding hydrogens is 308 g/mol. The number of rotatable bonds is 4. The van der Waals surface area contributed by atoms with Crippen LogP contribution in [0.15, 0.2) is 33.7 Å². The van der Waals surface area contributed by atoms with Crippen LogP contribution in [0.2, 0.25) is 0 Å². The first-order valence-corrected chi connectivity index (χ1v) is 7.86. The van der Waals surface area contributed by atoms with Crippen LogP contribution in [-0.4, -0.2) is 26.7 Å². The maximum atomic E-state index is 12.4. The van der Waals surface area contributed by atoms with Gasteiger partial charge in [0.25, 0.3) is 10.0 Å². The number of amides is 2. The molecule has 1 heterocycles. The summed E-state index contributed by atoms with van der Waals surface area (Å²) >= 11 is 0. The summed E-state index contributed by atoms with van der Waals surface area (Å²) in [6.07, 6.45) is 0. The Kier molecular flexibility index (Phi) is 4.36. The highest BCUT2D eigenvalue weighted by atomic mass is 32.2. The van der Waals surface area contributed by atoms with E-state index in [9.17, 15) is 13.2 Å². The molecule has 118 valence electrons. The van der Waals surface area contributed by atoms with Gasteiger partial charge in [-0.3, -0.25) is 4.72 Å². The fourth-order valence-electron chi connectivity index (χ4n) is 1.92. The van der Waals surface area contributed by atoms with E-state index in [4.69, 9.17) is 4.52 Å². The molecule has 0 saturated carbocycles. The largest absolute Gasteiger partial charge is 0.360 e. The molecule has 0 bridgehead atoms. The molecule has 0 saturated heterocycles. The lowest BCUT2D eigenvalue weighted by molar-refractivity contribution is 0.254. The first-order chi connectivity index (χ1) is 10.3. The van der Waals surface area contributed by atoms with Gasteiger partial charge in [-0.2, -0.15) is 0 Å². The monoisotopic (exact) mass is 324 g/mol. The van der Waals surface area contributed by atoms with Crippen LogP contribution in [0.4, 0.5) is 16.2 Å². The predicted molar refractivity (Wildman–Crippen MR) is 81.3 cm³/mol. The van der Waals surface area contributed by atoms with Gasteiger partial charge in [0.2, 0.25) is 0 Å². The highest BCUT2D eigenvalue weighted by Gasteiger charge is 2.24. The number of aryl methyl sites for hydroxylation is 2. The van der Waals surface area contributed by atoms with E-state index in [1.165, 1.54) is 20.0 Å². The topological polar surface area (TPSA) is 113 Å². The first-order valence-electron chi connectivity index (χ1n) is 6.38. The van der Waals surface area contributed by atoms with Crippen molar-refractivity contribution < 1.29 is 17.7 Å². The average molecular weight is 324 g/mol. The van der Waals surface area contributed by atoms with Gasteiger partial charge in [0.1, 0.15) is 5.69 Å². The van der Waals surface area contributed by atoms with Gasteiger partial charge < -0.3 is 15.2 Å². The van der Waals surface area contributed by atoms with E-state index in [0.717, 1.165) is 0 Å². The van der Waals surface area contributed by atoms with E-state index in [0.29, 0.717) is 11.4 Å². The highest BCUT2D eigenvalue weighted by molar-refractivity contribution is 7.92. The summed E-state index contributed by atoms with van der Waals surface area (Å²) in [6.45, 7) is 3.08. The number of benzene rings is 1. The molecule has 8 nitrogen and oxygen atoms in total. The molecule has 0 aliphatic heterocycles. The standard InChI is InChI=1S/C13H16N4O4S/c1-8-12(9(2)21-16-8)22(19,20)17-11-6-4-5-10(7-11)15-13(18)14-3/h4-7,17H,1-3H3,(H2,14,15,18). The lowest BCUT2D eigenvalue weighted by Crippen LogP contribution is -2.24. The molecule has 22 heavy (non-hydrogen) atoms. The Balaban J connectivity index is 2.27. The Morgan fingerprint density at radius 3 is 2.50 bits per heavy atom. The Bertz CT molecular complexity index is 779. The minimum absolute atomic E-state index is 0.0113. The van der Waals surface area contributed by atoms with Gasteiger partial charge in [0.05, 0.1) is 5.69 Å². The number of hydrogen-bond acceptors (Lipinski definition) is 5. The second kappa shape index (κ2) is 6.06. The van der Waals surface area contributed by atoms with E-state index in [1.54, 1.807) is 25.1 Å². The molecule has 2 amide bonds. The van der Waals surface area contributed by atoms with Gasteiger partial charge in [-0.05, 0) is 32.0 Å². The smallest absolute Gasteiger partial charge is 0.318 e. The van der Waals surface area contributed by atoms with Crippen LogP contribution in [0.5, 0.6) is 0 Å². The Morgan fingerprint density at radius 1 is 1.23 bits per heavy atom. The number of anilines is 2. The molecule has 0 aliphatic carbocycles. The summed E-state index contributed by atoms with van der Waals surface area (Å²) in [5.74, 6) is 0.213. The van der Waals surface area contributed by atoms with Crippen LogP contribution >= 0.6 is 0 Å². The van der Waals surface area contributed by atoms with Crippen molar-refractivity contribution >= 4 is 27.4 Å². The summed E-state index contributed by atoms with van der Waals surface area (Å²) in [6, 6.07) is 5.94. The van der Waals surface area contributed by atoms with E-state index in [1.807, 2.05) is 0 Å². The normalized spacial score (nSPS) is 11.0. The third kappa shape index (κ3) is 3.37. The SMILES string of the molecule is CNC(=O)Nc1cccc(NS(=O)(=O)c2c(C)noc2C)c1. The molecule has 0 radical (unpaired) electrons. The van der Waals surface area contributed by atoms with Crippen LogP contribution in [0.3, 0.4) is 0 Å². The lowest BCUT2D eigenvalue weighted by atomic mass is 10.3. The van der Waals surface area contributed by atoms with Crippen molar-refractivity contribution in [2.45, 2.75) is 18.7 Å². The average Bonchev–Trinajstić information content (AvgIpc) is 2.78. The zero-order chi connectivity index (χ0) is 16.3. The predicted octanol–water partition coefficient (Wildman–Crippen LogP) is 1.84. The minimum atomic E-state index is -3.82. The molecule has 3 N–H and O–H groups in total. The zero-order valence-corrected chi connectivity index (χ0v) is 13.1. The Hall–Kier alpha value is -2.55. The van der Waals surface area contributed by atoms with E-state index in [-0.39, 0.29) is 16.3 Å². The van der Waals surface area contributed by atoms with E-state index >= 15 is 0 Å². The molecular formula is C13H16N4O4S. The van der Waals surface area contributed by atoms with Crippen molar-refractivity contribution in [1.82, 2.24) is 10.5 Å². The maximum Gasteiger partial charge on any atom is 0.318 e. The highest BCUT2D eigenvalue weighted by Crippen LogP contribution is 2.23. The summed E-state index contributed by atoms with van der Waals surface area (Å²) in [4.78, 5) is 11.3. The molecule has 0 atom stereocenters. The van der Waals surface area contributed by atoms with Crippen LogP contribution in [0.1, 0.15) is 11.5 Å². The van der Waals surface area contributed by atoms with Crippen molar-refractivity contribution in [3.63, 3.8) is 0 Å². The van der Waals surface area contributed by atoms with E-state index < -0.39 is 16.1 Å². The van der Waals surface area contributed by atoms with E-state index in [2.05, 4.69) is 20.5 Å². The number of hydrogen-bond donors (Lipinski definition) is 3. The molecule has 1 aromatic heterocycles. The van der Waals surface area contributed by atoms with Crippen molar-refractivity contribution in [3.05, 3.63) is 35.7 Å². The van der Waals surface area contributed by atoms with Crippen LogP contribution in [0.25, 0.3) is 0 Å². The number of sulfonamides is 1. The number of nitrogens with zero attached hydrogens (tertiary/aromatic N) is 1. The van der Waals surface area contributed by atoms with Crippen molar-refractivity contribution in [2.24, 2.45) is 0 Å². The summed E-state index contributed by atoms with van der Waals surface area (Å²) < 4.78 is 32.1. The first kappa shape index (κ1) is 15.8. The third-order valence-electron chi connectivity index (χ3n) is 2.84. The number of nitrogens with one attached hydrogen (secondary N) is 3. The van der Waals surface area contributed by atoms with Crippen LogP contribution in [0, 0.1) is 13.8 Å². The Morgan fingerprint density at radius 2 is 1.91 bits per heavy atom. The number of aromatic nitrogens is 1. The number of carbonyl (C=O) groups is 1. The fourth-order valence-corrected chi connectivity index (χ4v) is 3.30. The number of carbonyl (C=O) groups excluding carboxylic acids is 1. The van der Waals surface area contributed by atoms with Crippen LogP contribution < -0.4 is 15.4 Å². The summed E-state index contributed by atoms with van der Waals surface area (Å²) in [5, 5.41) is 8.60. The molecule has 0 spiro atoms. The molecule has 0 unspecified atom stereocenters. The second-order valence-corrected chi connectivity index (χ2v) is 6.16. The molecule has 2 aromatic rings. The molecule has 1 aromatic carbocycles. The summed E-state index contributed by atoms with van der Waals surface area (Å²) in [5.41, 5.74) is 1.05. The quantitative estimate of drug-likeness (QED) is 0.794. The van der Waals surface area contributed by atoms with Gasteiger partial charge in [-0.1, -0.05) is 11.2 Å². The van der Waals surface area contributed by atoms with Crippen molar-refractivity contribution in [1.29, 1.82) is 0 Å². The third-order valence-corrected chi connectivity index (χ3v) is 4.46. The second-order valence-electron chi connectivity index (χ2n) is 4.54. The van der Waals surface area contributed by atoms with Gasteiger partial charge in [0.15, 0.2) is 10.7 Å². The van der Waals surface area contributed by atoms with Crippen molar-refractivity contribution in [3.8, 4) is 0 Å². The molecule has 0 fully saturated rings. The fraction of sp³-hybridized carbons (Fsp3) is 0.231. The maximum absolute atomic E-state index is 12.4. The minimum Gasteiger partial charge on any atom is -0.360 e. The lowest BCUT2D eigenvalue weighted by Gasteiger charge is -2.10. The molecule has 9 heteroatoms. The Labute approximate surface area is 127 Å².